The summed E-state index contributed by atoms with van der Waals surface area (Å²) in [5.74, 6) is -0.202. The second kappa shape index (κ2) is 6.21. The number of benzene rings is 1. The van der Waals surface area contributed by atoms with E-state index in [9.17, 15) is 4.79 Å². The Hall–Kier alpha value is -2.34. The maximum Gasteiger partial charge on any atom is 0.255 e. The third kappa shape index (κ3) is 3.58. The van der Waals surface area contributed by atoms with Gasteiger partial charge in [0.1, 0.15) is 0 Å². The number of amides is 1. The highest BCUT2D eigenvalue weighted by Gasteiger charge is 2.08. The first-order valence-electron chi connectivity index (χ1n) is 6.28. The average molecular weight is 274 g/mol. The molecule has 1 aromatic heterocycles. The number of nitrogens with two attached hydrogens (primary N) is 1. The van der Waals surface area contributed by atoms with Gasteiger partial charge < -0.3 is 15.8 Å². The van der Waals surface area contributed by atoms with Crippen LogP contribution in [0.2, 0.25) is 0 Å². The molecule has 0 fully saturated rings. The molecule has 2 rings (SSSR count). The van der Waals surface area contributed by atoms with Gasteiger partial charge in [-0.1, -0.05) is 0 Å². The molecular formula is C14H18N4O2. The molecule has 0 aliphatic rings. The van der Waals surface area contributed by atoms with Gasteiger partial charge >= 0.3 is 0 Å². The summed E-state index contributed by atoms with van der Waals surface area (Å²) in [4.78, 5) is 12.1. The predicted molar refractivity (Wildman–Crippen MR) is 77.6 cm³/mol. The molecule has 20 heavy (non-hydrogen) atoms. The van der Waals surface area contributed by atoms with Crippen molar-refractivity contribution in [2.45, 2.75) is 13.5 Å². The zero-order valence-electron chi connectivity index (χ0n) is 11.6. The number of nitrogens with one attached hydrogen (secondary N) is 1. The van der Waals surface area contributed by atoms with E-state index in [1.807, 2.05) is 13.0 Å². The lowest BCUT2D eigenvalue weighted by Gasteiger charge is -2.05. The summed E-state index contributed by atoms with van der Waals surface area (Å²) in [6.45, 7) is 3.11. The van der Waals surface area contributed by atoms with Crippen LogP contribution in [0.25, 0.3) is 0 Å². The summed E-state index contributed by atoms with van der Waals surface area (Å²) in [5.41, 5.74) is 8.44. The minimum absolute atomic E-state index is 0.202. The number of carbonyl (C=O) groups excluding carboxylic acids is 1. The van der Waals surface area contributed by atoms with Crippen LogP contribution in [0, 0.1) is 6.92 Å². The third-order valence-corrected chi connectivity index (χ3v) is 2.78. The largest absolute Gasteiger partial charge is 0.399 e. The molecule has 0 saturated heterocycles. The zero-order valence-corrected chi connectivity index (χ0v) is 11.6. The van der Waals surface area contributed by atoms with Crippen LogP contribution in [0.4, 0.5) is 11.4 Å². The molecule has 0 radical (unpaired) electrons. The summed E-state index contributed by atoms with van der Waals surface area (Å²) in [7, 11) is 1.63. The molecule has 0 spiro atoms. The number of rotatable bonds is 5. The molecule has 0 aliphatic carbocycles. The van der Waals surface area contributed by atoms with E-state index in [1.54, 1.807) is 36.3 Å². The summed E-state index contributed by atoms with van der Waals surface area (Å²) in [6, 6.07) is 5.26. The molecule has 0 atom stereocenters. The monoisotopic (exact) mass is 274 g/mol. The van der Waals surface area contributed by atoms with E-state index in [0.717, 1.165) is 5.56 Å². The van der Waals surface area contributed by atoms with Crippen molar-refractivity contribution in [2.24, 2.45) is 0 Å². The van der Waals surface area contributed by atoms with E-state index in [-0.39, 0.29) is 5.91 Å². The Kier molecular flexibility index (Phi) is 4.37. The molecule has 2 aromatic rings. The Morgan fingerprint density at radius 3 is 2.95 bits per heavy atom. The van der Waals surface area contributed by atoms with Crippen LogP contribution in [-0.2, 0) is 11.3 Å². The van der Waals surface area contributed by atoms with Gasteiger partial charge in [0.2, 0.25) is 0 Å². The smallest absolute Gasteiger partial charge is 0.255 e. The summed E-state index contributed by atoms with van der Waals surface area (Å²) in [6.07, 6.45) is 3.36. The lowest BCUT2D eigenvalue weighted by molar-refractivity contribution is 0.102. The number of hydrogen-bond donors (Lipinski definition) is 2. The number of nitrogens with zero attached hydrogens (tertiary/aromatic N) is 2. The molecule has 0 saturated carbocycles. The van der Waals surface area contributed by atoms with Crippen molar-refractivity contribution in [1.82, 2.24) is 9.78 Å². The van der Waals surface area contributed by atoms with E-state index in [4.69, 9.17) is 10.5 Å². The van der Waals surface area contributed by atoms with Crippen molar-refractivity contribution in [2.75, 3.05) is 24.8 Å². The van der Waals surface area contributed by atoms with Crippen molar-refractivity contribution >= 4 is 17.3 Å². The summed E-state index contributed by atoms with van der Waals surface area (Å²) < 4.78 is 6.68. The van der Waals surface area contributed by atoms with Crippen molar-refractivity contribution < 1.29 is 9.53 Å². The Balaban J connectivity index is 2.05. The molecule has 0 unspecified atom stereocenters. The Morgan fingerprint density at radius 2 is 2.25 bits per heavy atom. The number of methoxy groups -OCH3 is 1. The van der Waals surface area contributed by atoms with Crippen molar-refractivity contribution in [3.63, 3.8) is 0 Å². The number of carbonyl (C=O) groups is 1. The minimum Gasteiger partial charge on any atom is -0.399 e. The molecule has 1 heterocycles. The lowest BCUT2D eigenvalue weighted by Crippen LogP contribution is -2.12. The van der Waals surface area contributed by atoms with Gasteiger partial charge in [-0.05, 0) is 30.7 Å². The number of nitrogen functional groups attached to an aromatic ring is 1. The molecule has 1 amide bonds. The first kappa shape index (κ1) is 14.1. The first-order chi connectivity index (χ1) is 9.58. The normalized spacial score (nSPS) is 10.5. The summed E-state index contributed by atoms with van der Waals surface area (Å²) >= 11 is 0. The second-order valence-electron chi connectivity index (χ2n) is 4.57. The molecule has 0 bridgehead atoms. The fraction of sp³-hybridized carbons (Fsp3) is 0.286. The van der Waals surface area contributed by atoms with Gasteiger partial charge in [0.25, 0.3) is 5.91 Å². The predicted octanol–water partition coefficient (Wildman–Crippen LogP) is 1.67. The van der Waals surface area contributed by atoms with Gasteiger partial charge in [0, 0.05) is 24.6 Å². The van der Waals surface area contributed by atoms with Crippen LogP contribution in [0.3, 0.4) is 0 Å². The number of aryl methyl sites for hydroxylation is 1. The Morgan fingerprint density at radius 1 is 1.45 bits per heavy atom. The fourth-order valence-electron chi connectivity index (χ4n) is 1.88. The standard InChI is InChI=1S/C14H18N4O2/c1-10-5-11(7-12(15)6-10)14(19)17-13-8-16-18(9-13)3-4-20-2/h5-9H,3-4,15H2,1-2H3,(H,17,19). The van der Waals surface area contributed by atoms with Crippen LogP contribution in [0.15, 0.2) is 30.6 Å². The van der Waals surface area contributed by atoms with Gasteiger partial charge in [-0.15, -0.1) is 0 Å². The van der Waals surface area contributed by atoms with Gasteiger partial charge in [0.15, 0.2) is 0 Å². The fourth-order valence-corrected chi connectivity index (χ4v) is 1.88. The van der Waals surface area contributed by atoms with Crippen molar-refractivity contribution in [1.29, 1.82) is 0 Å². The van der Waals surface area contributed by atoms with Gasteiger partial charge in [-0.2, -0.15) is 5.10 Å². The van der Waals surface area contributed by atoms with E-state index in [0.29, 0.717) is 30.1 Å². The molecule has 6 heteroatoms. The molecule has 3 N–H and O–H groups in total. The second-order valence-corrected chi connectivity index (χ2v) is 4.57. The first-order valence-corrected chi connectivity index (χ1v) is 6.28. The van der Waals surface area contributed by atoms with Gasteiger partial charge in [-0.3, -0.25) is 9.48 Å². The molecular weight excluding hydrogens is 256 g/mol. The maximum atomic E-state index is 12.1. The van der Waals surface area contributed by atoms with Crippen LogP contribution in [-0.4, -0.2) is 29.4 Å². The van der Waals surface area contributed by atoms with Crippen molar-refractivity contribution in [3.05, 3.63) is 41.7 Å². The average Bonchev–Trinajstić information content (AvgIpc) is 2.82. The van der Waals surface area contributed by atoms with E-state index in [2.05, 4.69) is 10.4 Å². The Bertz CT molecular complexity index is 587. The zero-order chi connectivity index (χ0) is 14.5. The topological polar surface area (TPSA) is 82.2 Å². The number of ether oxygens (including phenoxy) is 1. The van der Waals surface area contributed by atoms with E-state index < -0.39 is 0 Å². The highest BCUT2D eigenvalue weighted by Crippen LogP contribution is 2.13. The highest BCUT2D eigenvalue weighted by atomic mass is 16.5. The lowest BCUT2D eigenvalue weighted by atomic mass is 10.1. The SMILES string of the molecule is COCCn1cc(NC(=O)c2cc(C)cc(N)c2)cn1. The number of anilines is 2. The third-order valence-electron chi connectivity index (χ3n) is 2.78. The number of aromatic nitrogens is 2. The molecule has 6 nitrogen and oxygen atoms in total. The van der Waals surface area contributed by atoms with Gasteiger partial charge in [-0.25, -0.2) is 0 Å². The molecule has 1 aromatic carbocycles. The number of hydrogen-bond acceptors (Lipinski definition) is 4. The van der Waals surface area contributed by atoms with E-state index >= 15 is 0 Å². The van der Waals surface area contributed by atoms with Crippen LogP contribution in [0.1, 0.15) is 15.9 Å². The molecule has 0 aliphatic heterocycles. The molecule has 106 valence electrons. The van der Waals surface area contributed by atoms with E-state index in [1.165, 1.54) is 0 Å². The van der Waals surface area contributed by atoms with Crippen LogP contribution < -0.4 is 11.1 Å². The van der Waals surface area contributed by atoms with Crippen LogP contribution >= 0.6 is 0 Å². The minimum atomic E-state index is -0.202. The highest BCUT2D eigenvalue weighted by molar-refractivity contribution is 6.04. The maximum absolute atomic E-state index is 12.1. The Labute approximate surface area is 117 Å². The summed E-state index contributed by atoms with van der Waals surface area (Å²) in [5, 5.41) is 6.92. The van der Waals surface area contributed by atoms with Gasteiger partial charge in [0.05, 0.1) is 25.0 Å². The van der Waals surface area contributed by atoms with Crippen LogP contribution in [0.5, 0.6) is 0 Å². The quantitative estimate of drug-likeness (QED) is 0.813. The van der Waals surface area contributed by atoms with Crippen molar-refractivity contribution in [3.8, 4) is 0 Å².